The fraction of sp³-hybridized carbons (Fsp3) is 1.00. The van der Waals surface area contributed by atoms with Gasteiger partial charge in [0.25, 0.3) is 0 Å². The minimum Gasteiger partial charge on any atom is -0.0928 e. The normalized spacial score (nSPS) is 13.6. The van der Waals surface area contributed by atoms with Gasteiger partial charge in [-0.05, 0) is 12.8 Å². The molecule has 0 saturated heterocycles. The third kappa shape index (κ3) is 10.2. The van der Waals surface area contributed by atoms with Gasteiger partial charge in [-0.15, -0.1) is 0 Å². The van der Waals surface area contributed by atoms with Gasteiger partial charge < -0.3 is 0 Å². The highest BCUT2D eigenvalue weighted by Gasteiger charge is 2.10. The third-order valence-corrected chi connectivity index (χ3v) is 6.13. The minimum absolute atomic E-state index is 0.405. The molecule has 0 aliphatic rings. The summed E-state index contributed by atoms with van der Waals surface area (Å²) in [5.41, 5.74) is 0. The molecule has 0 N–H and O–H groups in total. The second-order valence-electron chi connectivity index (χ2n) is 3.10. The molecule has 0 spiro atoms. The largest absolute Gasteiger partial charge is 0.0928 e. The van der Waals surface area contributed by atoms with Crippen molar-refractivity contribution < 1.29 is 0 Å². The summed E-state index contributed by atoms with van der Waals surface area (Å²) in [6, 6.07) is 0. The average molecular weight is 444 g/mol. The third-order valence-electron chi connectivity index (χ3n) is 1.89. The minimum atomic E-state index is 0.405. The van der Waals surface area contributed by atoms with E-state index in [0.717, 1.165) is 5.33 Å². The van der Waals surface area contributed by atoms with Crippen molar-refractivity contribution in [3.8, 4) is 0 Å². The van der Waals surface area contributed by atoms with E-state index in [1.54, 1.807) is 0 Å². The van der Waals surface area contributed by atoms with Gasteiger partial charge in [-0.2, -0.15) is 0 Å². The molecular formula is C9H16Br4. The van der Waals surface area contributed by atoms with Gasteiger partial charge in [0.1, 0.15) is 0 Å². The zero-order valence-electron chi connectivity index (χ0n) is 7.62. The average Bonchev–Trinajstić information content (AvgIpc) is 2.10. The molecule has 0 aromatic carbocycles. The molecule has 1 atom stereocenters. The van der Waals surface area contributed by atoms with Crippen LogP contribution in [-0.2, 0) is 0 Å². The van der Waals surface area contributed by atoms with E-state index >= 15 is 0 Å². The van der Waals surface area contributed by atoms with E-state index < -0.39 is 0 Å². The lowest BCUT2D eigenvalue weighted by molar-refractivity contribution is 0.611. The second-order valence-corrected chi connectivity index (χ2v) is 8.27. The molecule has 0 rings (SSSR count). The standard InChI is InChI=1S/C9H16Br4/c10-7-5-3-1-2-4-6-8(11)9(12)13/h8-9H,1-7H2. The Morgan fingerprint density at radius 2 is 1.31 bits per heavy atom. The maximum Gasteiger partial charge on any atom is 0.0822 e. The van der Waals surface area contributed by atoms with Crippen LogP contribution in [0.5, 0.6) is 0 Å². The molecule has 1 unspecified atom stereocenters. The fourth-order valence-electron chi connectivity index (χ4n) is 1.09. The van der Waals surface area contributed by atoms with Gasteiger partial charge in [0.05, 0.1) is 3.74 Å². The summed E-state index contributed by atoms with van der Waals surface area (Å²) in [7, 11) is 0. The second kappa shape index (κ2) is 10.4. The first-order valence-electron chi connectivity index (χ1n) is 4.66. The predicted octanol–water partition coefficient (Wildman–Crippen LogP) is 5.60. The molecule has 0 amide bonds. The van der Waals surface area contributed by atoms with E-state index in [2.05, 4.69) is 63.7 Å². The Kier molecular flexibility index (Phi) is 12.0. The van der Waals surface area contributed by atoms with Crippen LogP contribution in [0.1, 0.15) is 38.5 Å². The van der Waals surface area contributed by atoms with Crippen molar-refractivity contribution in [2.75, 3.05) is 5.33 Å². The maximum absolute atomic E-state index is 3.62. The molecule has 0 bridgehead atoms. The first-order valence-corrected chi connectivity index (χ1v) is 8.53. The predicted molar refractivity (Wildman–Crippen MR) is 75.9 cm³/mol. The molecule has 4 heteroatoms. The van der Waals surface area contributed by atoms with E-state index in [1.165, 1.54) is 38.5 Å². The van der Waals surface area contributed by atoms with Crippen LogP contribution in [0, 0.1) is 0 Å². The molecule has 0 nitrogen and oxygen atoms in total. The number of unbranched alkanes of at least 4 members (excludes halogenated alkanes) is 4. The van der Waals surface area contributed by atoms with Crippen LogP contribution in [0.15, 0.2) is 0 Å². The lowest BCUT2D eigenvalue weighted by Gasteiger charge is -2.09. The highest BCUT2D eigenvalue weighted by Crippen LogP contribution is 2.24. The molecule has 0 aromatic rings. The smallest absolute Gasteiger partial charge is 0.0822 e. The Morgan fingerprint density at radius 1 is 0.769 bits per heavy atom. The molecule has 0 saturated carbocycles. The van der Waals surface area contributed by atoms with Crippen LogP contribution in [0.25, 0.3) is 0 Å². The molecule has 0 aromatic heterocycles. The molecule has 0 aliphatic carbocycles. The molecule has 0 fully saturated rings. The van der Waals surface area contributed by atoms with Crippen molar-refractivity contribution >= 4 is 63.7 Å². The van der Waals surface area contributed by atoms with Crippen molar-refractivity contribution in [2.24, 2.45) is 0 Å². The van der Waals surface area contributed by atoms with Crippen LogP contribution >= 0.6 is 63.7 Å². The van der Waals surface area contributed by atoms with Crippen molar-refractivity contribution in [1.29, 1.82) is 0 Å². The summed E-state index contributed by atoms with van der Waals surface area (Å²) < 4.78 is 0.405. The maximum atomic E-state index is 3.62. The van der Waals surface area contributed by atoms with Crippen molar-refractivity contribution in [2.45, 2.75) is 47.1 Å². The monoisotopic (exact) mass is 440 g/mol. The molecular weight excluding hydrogens is 428 g/mol. The SMILES string of the molecule is BrCCCCCCCC(Br)C(Br)Br. The number of hydrogen-bond acceptors (Lipinski definition) is 0. The zero-order chi connectivity index (χ0) is 10.1. The summed E-state index contributed by atoms with van der Waals surface area (Å²) in [5.74, 6) is 0. The summed E-state index contributed by atoms with van der Waals surface area (Å²) in [4.78, 5) is 0.559. The molecule has 80 valence electrons. The van der Waals surface area contributed by atoms with Crippen molar-refractivity contribution in [1.82, 2.24) is 0 Å². The Hall–Kier alpha value is 1.92. The van der Waals surface area contributed by atoms with Crippen molar-refractivity contribution in [3.63, 3.8) is 0 Å². The van der Waals surface area contributed by atoms with Gasteiger partial charge in [0.15, 0.2) is 0 Å². The molecule has 0 radical (unpaired) electrons. The lowest BCUT2D eigenvalue weighted by atomic mass is 10.1. The van der Waals surface area contributed by atoms with Crippen LogP contribution in [0.4, 0.5) is 0 Å². The van der Waals surface area contributed by atoms with E-state index in [9.17, 15) is 0 Å². The summed E-state index contributed by atoms with van der Waals surface area (Å²) in [6.45, 7) is 0. The van der Waals surface area contributed by atoms with Crippen molar-refractivity contribution in [3.05, 3.63) is 0 Å². The summed E-state index contributed by atoms with van der Waals surface area (Å²) >= 11 is 14.1. The Bertz CT molecular complexity index is 106. The number of alkyl halides is 4. The van der Waals surface area contributed by atoms with Gasteiger partial charge in [0, 0.05) is 10.2 Å². The highest BCUT2D eigenvalue weighted by molar-refractivity contribution is 9.25. The van der Waals surface area contributed by atoms with Gasteiger partial charge in [-0.25, -0.2) is 0 Å². The van der Waals surface area contributed by atoms with Gasteiger partial charge in [0.2, 0.25) is 0 Å². The number of rotatable bonds is 8. The molecule has 13 heavy (non-hydrogen) atoms. The quantitative estimate of drug-likeness (QED) is 0.338. The number of hydrogen-bond donors (Lipinski definition) is 0. The molecule has 0 aliphatic heterocycles. The summed E-state index contributed by atoms with van der Waals surface area (Å²) in [6.07, 6.45) is 7.99. The van der Waals surface area contributed by atoms with Gasteiger partial charge in [-0.3, -0.25) is 0 Å². The van der Waals surface area contributed by atoms with Gasteiger partial charge >= 0.3 is 0 Å². The van der Waals surface area contributed by atoms with E-state index in [1.807, 2.05) is 0 Å². The van der Waals surface area contributed by atoms with Crippen LogP contribution in [0.2, 0.25) is 0 Å². The van der Waals surface area contributed by atoms with Crippen LogP contribution in [0.3, 0.4) is 0 Å². The Balaban J connectivity index is 3.07. The van der Waals surface area contributed by atoms with Gasteiger partial charge in [-0.1, -0.05) is 89.4 Å². The van der Waals surface area contributed by atoms with E-state index in [-0.39, 0.29) is 0 Å². The first-order chi connectivity index (χ1) is 6.18. The molecule has 0 heterocycles. The van der Waals surface area contributed by atoms with E-state index in [4.69, 9.17) is 0 Å². The first kappa shape index (κ1) is 14.9. The van der Waals surface area contributed by atoms with E-state index in [0.29, 0.717) is 8.56 Å². The Morgan fingerprint density at radius 3 is 1.85 bits per heavy atom. The number of halogens is 4. The van der Waals surface area contributed by atoms with Crippen LogP contribution in [-0.4, -0.2) is 13.9 Å². The fourth-order valence-corrected chi connectivity index (χ4v) is 2.34. The lowest BCUT2D eigenvalue weighted by Crippen LogP contribution is -2.05. The summed E-state index contributed by atoms with van der Waals surface area (Å²) in [5, 5.41) is 1.15. The Labute approximate surface area is 115 Å². The topological polar surface area (TPSA) is 0 Å². The highest BCUT2D eigenvalue weighted by atomic mass is 79.9. The van der Waals surface area contributed by atoms with Crippen LogP contribution < -0.4 is 0 Å². The zero-order valence-corrected chi connectivity index (χ0v) is 14.0.